The largest absolute Gasteiger partial charge is 0.369 e. The van der Waals surface area contributed by atoms with Gasteiger partial charge in [-0.2, -0.15) is 0 Å². The Bertz CT molecular complexity index is 452. The molecule has 1 N–H and O–H groups in total. The molecule has 0 unspecified atom stereocenters. The van der Waals surface area contributed by atoms with E-state index in [0.29, 0.717) is 17.4 Å². The van der Waals surface area contributed by atoms with Gasteiger partial charge in [0.15, 0.2) is 0 Å². The van der Waals surface area contributed by atoms with Gasteiger partial charge < -0.3 is 15.1 Å². The number of hydrogen-bond donors (Lipinski definition) is 1. The van der Waals surface area contributed by atoms with Crippen LogP contribution in [-0.2, 0) is 0 Å². The van der Waals surface area contributed by atoms with Gasteiger partial charge >= 0.3 is 0 Å². The van der Waals surface area contributed by atoms with Crippen LogP contribution >= 0.6 is 0 Å². The van der Waals surface area contributed by atoms with Gasteiger partial charge in [0.2, 0.25) is 0 Å². The molecule has 0 spiro atoms. The molecular weight excluding hydrogens is 266 g/mol. The van der Waals surface area contributed by atoms with Gasteiger partial charge in [-0.25, -0.2) is 9.97 Å². The van der Waals surface area contributed by atoms with Gasteiger partial charge in [-0.05, 0) is 39.8 Å². The highest BCUT2D eigenvalue weighted by molar-refractivity contribution is 5.92. The van der Waals surface area contributed by atoms with Crippen molar-refractivity contribution in [2.24, 2.45) is 5.92 Å². The maximum atomic E-state index is 12.4. The number of carbonyl (C=O) groups is 1. The molecule has 1 fully saturated rings. The van der Waals surface area contributed by atoms with E-state index in [1.54, 1.807) is 12.4 Å². The third kappa shape index (κ3) is 4.39. The minimum Gasteiger partial charge on any atom is -0.369 e. The lowest BCUT2D eigenvalue weighted by Crippen LogP contribution is -2.41. The smallest absolute Gasteiger partial charge is 0.274 e. The molecule has 2 rings (SSSR count). The maximum absolute atomic E-state index is 12.4. The molecular formula is C15H25N5O. The second kappa shape index (κ2) is 7.36. The van der Waals surface area contributed by atoms with Gasteiger partial charge in [0.25, 0.3) is 5.91 Å². The van der Waals surface area contributed by atoms with Gasteiger partial charge in [0.1, 0.15) is 11.5 Å². The quantitative estimate of drug-likeness (QED) is 0.886. The summed E-state index contributed by atoms with van der Waals surface area (Å²) in [5, 5.41) is 3.07. The van der Waals surface area contributed by atoms with Crippen LogP contribution in [0.1, 0.15) is 30.3 Å². The van der Waals surface area contributed by atoms with E-state index in [9.17, 15) is 4.79 Å². The fourth-order valence-corrected chi connectivity index (χ4v) is 2.71. The van der Waals surface area contributed by atoms with Crippen molar-refractivity contribution in [3.05, 3.63) is 18.1 Å². The van der Waals surface area contributed by atoms with Crippen molar-refractivity contribution in [3.8, 4) is 0 Å². The van der Waals surface area contributed by atoms with Crippen molar-refractivity contribution in [3.63, 3.8) is 0 Å². The molecule has 0 atom stereocenters. The number of aromatic nitrogens is 2. The molecule has 0 bridgehead atoms. The second-order valence-electron chi connectivity index (χ2n) is 5.82. The van der Waals surface area contributed by atoms with Gasteiger partial charge in [-0.15, -0.1) is 0 Å². The van der Waals surface area contributed by atoms with Crippen molar-refractivity contribution in [2.45, 2.75) is 19.8 Å². The average Bonchev–Trinajstić information content (AvgIpc) is 2.48. The zero-order valence-corrected chi connectivity index (χ0v) is 13.2. The monoisotopic (exact) mass is 291 g/mol. The molecule has 6 nitrogen and oxygen atoms in total. The van der Waals surface area contributed by atoms with Crippen molar-refractivity contribution in [2.75, 3.05) is 45.6 Å². The first-order valence-electron chi connectivity index (χ1n) is 7.60. The van der Waals surface area contributed by atoms with Crippen molar-refractivity contribution in [1.82, 2.24) is 19.8 Å². The number of nitrogens with one attached hydrogen (secondary N) is 1. The molecule has 0 aliphatic carbocycles. The predicted octanol–water partition coefficient (Wildman–Crippen LogP) is 1.32. The molecule has 21 heavy (non-hydrogen) atoms. The molecule has 0 radical (unpaired) electrons. The molecule has 1 amide bonds. The number of anilines is 1. The van der Waals surface area contributed by atoms with Gasteiger partial charge in [-0.1, -0.05) is 0 Å². The Morgan fingerprint density at radius 1 is 1.33 bits per heavy atom. The summed E-state index contributed by atoms with van der Waals surface area (Å²) in [6.45, 7) is 5.52. The summed E-state index contributed by atoms with van der Waals surface area (Å²) >= 11 is 0. The van der Waals surface area contributed by atoms with E-state index in [0.717, 1.165) is 39.0 Å². The number of nitrogens with zero attached hydrogens (tertiary/aromatic N) is 4. The van der Waals surface area contributed by atoms with E-state index in [4.69, 9.17) is 0 Å². The highest BCUT2D eigenvalue weighted by Gasteiger charge is 2.24. The number of carbonyl (C=O) groups excluding carboxylic acids is 1. The fourth-order valence-electron chi connectivity index (χ4n) is 2.71. The predicted molar refractivity (Wildman–Crippen MR) is 83.4 cm³/mol. The van der Waals surface area contributed by atoms with Crippen LogP contribution in [0, 0.1) is 5.92 Å². The van der Waals surface area contributed by atoms with E-state index in [-0.39, 0.29) is 5.91 Å². The van der Waals surface area contributed by atoms with Crippen LogP contribution in [0.5, 0.6) is 0 Å². The summed E-state index contributed by atoms with van der Waals surface area (Å²) in [6, 6.07) is 0. The van der Waals surface area contributed by atoms with Crippen LogP contribution in [0.2, 0.25) is 0 Å². The second-order valence-corrected chi connectivity index (χ2v) is 5.82. The number of rotatable bonds is 5. The highest BCUT2D eigenvalue weighted by Crippen LogP contribution is 2.19. The third-order valence-corrected chi connectivity index (χ3v) is 3.75. The van der Waals surface area contributed by atoms with E-state index >= 15 is 0 Å². The zero-order chi connectivity index (χ0) is 15.2. The maximum Gasteiger partial charge on any atom is 0.274 e. The Balaban J connectivity index is 1.89. The zero-order valence-electron chi connectivity index (χ0n) is 13.2. The average molecular weight is 291 g/mol. The molecule has 2 heterocycles. The SMILES string of the molecule is CCNc1cnc(C(=O)N2CCC(CN(C)C)CC2)cn1. The normalized spacial score (nSPS) is 16.3. The fraction of sp³-hybridized carbons (Fsp3) is 0.667. The van der Waals surface area contributed by atoms with E-state index in [1.807, 2.05) is 11.8 Å². The van der Waals surface area contributed by atoms with E-state index in [2.05, 4.69) is 34.3 Å². The molecule has 6 heteroatoms. The minimum absolute atomic E-state index is 0.00569. The standard InChI is InChI=1S/C15H25N5O/c1-4-16-14-10-17-13(9-18-14)15(21)20-7-5-12(6-8-20)11-19(2)3/h9-10,12H,4-8,11H2,1-3H3,(H,16,18). The molecule has 0 saturated carbocycles. The van der Waals surface area contributed by atoms with Crippen LogP contribution in [0.25, 0.3) is 0 Å². The molecule has 0 aromatic carbocycles. The van der Waals surface area contributed by atoms with Crippen LogP contribution in [0.15, 0.2) is 12.4 Å². The summed E-state index contributed by atoms with van der Waals surface area (Å²) in [6.07, 6.45) is 5.31. The van der Waals surface area contributed by atoms with Crippen LogP contribution in [0.4, 0.5) is 5.82 Å². The Kier molecular flexibility index (Phi) is 5.50. The molecule has 1 aromatic rings. The summed E-state index contributed by atoms with van der Waals surface area (Å²) in [5.74, 6) is 1.39. The Labute approximate surface area is 126 Å². The summed E-state index contributed by atoms with van der Waals surface area (Å²) in [7, 11) is 4.19. The molecule has 1 saturated heterocycles. The lowest BCUT2D eigenvalue weighted by atomic mass is 9.96. The summed E-state index contributed by atoms with van der Waals surface area (Å²) in [5.41, 5.74) is 0.433. The first-order chi connectivity index (χ1) is 10.1. The lowest BCUT2D eigenvalue weighted by molar-refractivity contribution is 0.0671. The number of hydrogen-bond acceptors (Lipinski definition) is 5. The molecule has 116 valence electrons. The molecule has 1 aromatic heterocycles. The minimum atomic E-state index is -0.00569. The van der Waals surface area contributed by atoms with Crippen LogP contribution < -0.4 is 5.32 Å². The topological polar surface area (TPSA) is 61.4 Å². The number of likely N-dealkylation sites (tertiary alicyclic amines) is 1. The molecule has 1 aliphatic heterocycles. The third-order valence-electron chi connectivity index (χ3n) is 3.75. The van der Waals surface area contributed by atoms with E-state index < -0.39 is 0 Å². The van der Waals surface area contributed by atoms with Crippen molar-refractivity contribution < 1.29 is 4.79 Å². The lowest BCUT2D eigenvalue weighted by Gasteiger charge is -2.33. The first kappa shape index (κ1) is 15.7. The van der Waals surface area contributed by atoms with Gasteiger partial charge in [0.05, 0.1) is 12.4 Å². The van der Waals surface area contributed by atoms with Gasteiger partial charge in [0, 0.05) is 26.2 Å². The number of piperidine rings is 1. The highest BCUT2D eigenvalue weighted by atomic mass is 16.2. The Hall–Kier alpha value is -1.69. The Morgan fingerprint density at radius 2 is 2.05 bits per heavy atom. The van der Waals surface area contributed by atoms with Crippen molar-refractivity contribution >= 4 is 11.7 Å². The summed E-state index contributed by atoms with van der Waals surface area (Å²) in [4.78, 5) is 24.9. The first-order valence-corrected chi connectivity index (χ1v) is 7.60. The molecule has 1 aliphatic rings. The van der Waals surface area contributed by atoms with Crippen LogP contribution in [0.3, 0.4) is 0 Å². The van der Waals surface area contributed by atoms with Gasteiger partial charge in [-0.3, -0.25) is 4.79 Å². The Morgan fingerprint density at radius 3 is 2.57 bits per heavy atom. The van der Waals surface area contributed by atoms with Crippen LogP contribution in [-0.4, -0.2) is 65.9 Å². The summed E-state index contributed by atoms with van der Waals surface area (Å²) < 4.78 is 0. The van der Waals surface area contributed by atoms with Crippen molar-refractivity contribution in [1.29, 1.82) is 0 Å². The number of amides is 1. The van der Waals surface area contributed by atoms with E-state index in [1.165, 1.54) is 0 Å².